The smallest absolute Gasteiger partial charge is 0.328 e. The van der Waals surface area contributed by atoms with Gasteiger partial charge in [0.25, 0.3) is 0 Å². The summed E-state index contributed by atoms with van der Waals surface area (Å²) in [6.07, 6.45) is -0.0355. The van der Waals surface area contributed by atoms with Crippen LogP contribution in [0.1, 0.15) is 20.3 Å². The molecule has 1 N–H and O–H groups in total. The minimum absolute atomic E-state index is 0.0355. The zero-order valence-corrected chi connectivity index (χ0v) is 7.92. The fourth-order valence-corrected chi connectivity index (χ4v) is 0.868. The number of ketones is 1. The molecule has 5 nitrogen and oxygen atoms in total. The third-order valence-corrected chi connectivity index (χ3v) is 1.35. The van der Waals surface area contributed by atoms with E-state index < -0.39 is 12.0 Å². The highest BCUT2D eigenvalue weighted by atomic mass is 16.5. The Hall–Kier alpha value is -1.39. The molecule has 0 aliphatic carbocycles. The molecular weight excluding hydrogens is 174 g/mol. The molecule has 0 rings (SSSR count). The third kappa shape index (κ3) is 4.95. The van der Waals surface area contributed by atoms with Crippen molar-refractivity contribution in [3.05, 3.63) is 0 Å². The lowest BCUT2D eigenvalue weighted by molar-refractivity contribution is -0.146. The van der Waals surface area contributed by atoms with E-state index in [0.29, 0.717) is 0 Å². The van der Waals surface area contributed by atoms with Crippen LogP contribution in [-0.4, -0.2) is 30.8 Å². The van der Waals surface area contributed by atoms with Crippen LogP contribution in [0.25, 0.3) is 0 Å². The van der Waals surface area contributed by atoms with Gasteiger partial charge >= 0.3 is 5.97 Å². The number of ether oxygens (including phenoxy) is 1. The number of rotatable bonds is 4. The predicted molar refractivity (Wildman–Crippen MR) is 44.9 cm³/mol. The lowest BCUT2D eigenvalue weighted by atomic mass is 10.1. The minimum atomic E-state index is -0.861. The van der Waals surface area contributed by atoms with E-state index in [-0.39, 0.29) is 18.1 Å². The van der Waals surface area contributed by atoms with E-state index in [1.807, 2.05) is 0 Å². The van der Waals surface area contributed by atoms with Crippen molar-refractivity contribution >= 4 is 17.7 Å². The van der Waals surface area contributed by atoms with Gasteiger partial charge in [-0.25, -0.2) is 4.79 Å². The quantitative estimate of drug-likeness (QED) is 0.610. The van der Waals surface area contributed by atoms with Crippen molar-refractivity contribution < 1.29 is 19.1 Å². The SMILES string of the molecule is COC(=O)C(CC(C)=O)NC(C)=O. The lowest BCUT2D eigenvalue weighted by Crippen LogP contribution is -2.41. The summed E-state index contributed by atoms with van der Waals surface area (Å²) in [7, 11) is 1.21. The number of esters is 1. The molecule has 0 aromatic heterocycles. The second-order valence-corrected chi connectivity index (χ2v) is 2.68. The Morgan fingerprint density at radius 1 is 1.31 bits per heavy atom. The molecule has 74 valence electrons. The maximum absolute atomic E-state index is 11.0. The second-order valence-electron chi connectivity index (χ2n) is 2.68. The van der Waals surface area contributed by atoms with Crippen LogP contribution < -0.4 is 5.32 Å². The first-order valence-electron chi connectivity index (χ1n) is 3.81. The number of amides is 1. The molecule has 0 spiro atoms. The molecule has 0 aliphatic rings. The number of Topliss-reactive ketones (excluding diaryl/α,β-unsaturated/α-hetero) is 1. The highest BCUT2D eigenvalue weighted by Gasteiger charge is 2.21. The van der Waals surface area contributed by atoms with Gasteiger partial charge < -0.3 is 10.1 Å². The highest BCUT2D eigenvalue weighted by Crippen LogP contribution is 1.96. The summed E-state index contributed by atoms with van der Waals surface area (Å²) in [5.41, 5.74) is 0. The van der Waals surface area contributed by atoms with Gasteiger partial charge in [-0.2, -0.15) is 0 Å². The van der Waals surface area contributed by atoms with E-state index in [9.17, 15) is 14.4 Å². The molecule has 0 aromatic carbocycles. The maximum Gasteiger partial charge on any atom is 0.328 e. The van der Waals surface area contributed by atoms with Gasteiger partial charge in [0.1, 0.15) is 11.8 Å². The Balaban J connectivity index is 4.26. The molecule has 0 saturated carbocycles. The zero-order chi connectivity index (χ0) is 10.4. The summed E-state index contributed by atoms with van der Waals surface area (Å²) in [6.45, 7) is 2.62. The van der Waals surface area contributed by atoms with Crippen molar-refractivity contribution in [1.29, 1.82) is 0 Å². The van der Waals surface area contributed by atoms with E-state index in [2.05, 4.69) is 10.1 Å². The molecule has 5 heteroatoms. The first kappa shape index (κ1) is 11.6. The van der Waals surface area contributed by atoms with Crippen LogP contribution >= 0.6 is 0 Å². The molecule has 0 saturated heterocycles. The minimum Gasteiger partial charge on any atom is -0.467 e. The Kier molecular flexibility index (Phi) is 4.72. The van der Waals surface area contributed by atoms with Crippen LogP contribution in [-0.2, 0) is 19.1 Å². The van der Waals surface area contributed by atoms with E-state index in [4.69, 9.17) is 0 Å². The Labute approximate surface area is 76.4 Å². The van der Waals surface area contributed by atoms with Crippen molar-refractivity contribution in [2.45, 2.75) is 26.3 Å². The summed E-state index contributed by atoms with van der Waals surface area (Å²) in [6, 6.07) is -0.861. The zero-order valence-electron chi connectivity index (χ0n) is 7.92. The Morgan fingerprint density at radius 2 is 1.85 bits per heavy atom. The van der Waals surface area contributed by atoms with Gasteiger partial charge in [0.05, 0.1) is 7.11 Å². The van der Waals surface area contributed by atoms with Crippen LogP contribution in [0.15, 0.2) is 0 Å². The van der Waals surface area contributed by atoms with E-state index in [0.717, 1.165) is 0 Å². The molecular formula is C8H13NO4. The van der Waals surface area contributed by atoms with Gasteiger partial charge in [-0.1, -0.05) is 0 Å². The third-order valence-electron chi connectivity index (χ3n) is 1.35. The summed E-state index contributed by atoms with van der Waals surface area (Å²) in [5, 5.41) is 2.33. The van der Waals surface area contributed by atoms with E-state index in [1.54, 1.807) is 0 Å². The topological polar surface area (TPSA) is 72.5 Å². The fraction of sp³-hybridized carbons (Fsp3) is 0.625. The Morgan fingerprint density at radius 3 is 2.15 bits per heavy atom. The average Bonchev–Trinajstić information content (AvgIpc) is 2.00. The number of methoxy groups -OCH3 is 1. The van der Waals surface area contributed by atoms with Gasteiger partial charge in [-0.15, -0.1) is 0 Å². The largest absolute Gasteiger partial charge is 0.467 e. The van der Waals surface area contributed by atoms with Crippen LogP contribution in [0.5, 0.6) is 0 Å². The van der Waals surface area contributed by atoms with Crippen LogP contribution in [0.4, 0.5) is 0 Å². The van der Waals surface area contributed by atoms with Crippen LogP contribution in [0, 0.1) is 0 Å². The molecule has 0 aliphatic heterocycles. The number of hydrogen-bond acceptors (Lipinski definition) is 4. The van der Waals surface area contributed by atoms with Gasteiger partial charge in [-0.05, 0) is 6.92 Å². The summed E-state index contributed by atoms with van der Waals surface area (Å²) >= 11 is 0. The van der Waals surface area contributed by atoms with Crippen LogP contribution in [0.3, 0.4) is 0 Å². The predicted octanol–water partition coefficient (Wildman–Crippen LogP) is -0.357. The number of nitrogens with one attached hydrogen (secondary N) is 1. The monoisotopic (exact) mass is 187 g/mol. The first-order chi connectivity index (χ1) is 5.97. The van der Waals surface area contributed by atoms with E-state index in [1.165, 1.54) is 21.0 Å². The maximum atomic E-state index is 11.0. The normalized spacial score (nSPS) is 11.6. The number of hydrogen-bond donors (Lipinski definition) is 1. The molecule has 0 aromatic rings. The lowest BCUT2D eigenvalue weighted by Gasteiger charge is -2.13. The van der Waals surface area contributed by atoms with Gasteiger partial charge in [-0.3, -0.25) is 9.59 Å². The second kappa shape index (κ2) is 5.29. The highest BCUT2D eigenvalue weighted by molar-refractivity contribution is 5.88. The fourth-order valence-electron chi connectivity index (χ4n) is 0.868. The van der Waals surface area contributed by atoms with Gasteiger partial charge in [0.15, 0.2) is 0 Å². The first-order valence-corrected chi connectivity index (χ1v) is 3.81. The van der Waals surface area contributed by atoms with Crippen molar-refractivity contribution in [3.8, 4) is 0 Å². The molecule has 0 fully saturated rings. The molecule has 1 unspecified atom stereocenters. The summed E-state index contributed by atoms with van der Waals surface area (Å²) in [5.74, 6) is -1.15. The molecule has 0 heterocycles. The number of carbonyl (C=O) groups excluding carboxylic acids is 3. The molecule has 0 radical (unpaired) electrons. The molecule has 13 heavy (non-hydrogen) atoms. The molecule has 0 bridgehead atoms. The van der Waals surface area contributed by atoms with Crippen molar-refractivity contribution in [2.75, 3.05) is 7.11 Å². The van der Waals surface area contributed by atoms with Crippen molar-refractivity contribution in [1.82, 2.24) is 5.32 Å². The summed E-state index contributed by atoms with van der Waals surface area (Å²) in [4.78, 5) is 32.3. The Bertz CT molecular complexity index is 208. The van der Waals surface area contributed by atoms with Gasteiger partial charge in [0, 0.05) is 13.3 Å². The van der Waals surface area contributed by atoms with Crippen molar-refractivity contribution in [2.24, 2.45) is 0 Å². The number of carbonyl (C=O) groups is 3. The van der Waals surface area contributed by atoms with E-state index >= 15 is 0 Å². The average molecular weight is 187 g/mol. The van der Waals surface area contributed by atoms with Crippen molar-refractivity contribution in [3.63, 3.8) is 0 Å². The molecule has 1 amide bonds. The summed E-state index contributed by atoms with van der Waals surface area (Å²) < 4.78 is 4.41. The molecule has 1 atom stereocenters. The van der Waals surface area contributed by atoms with Crippen LogP contribution in [0.2, 0.25) is 0 Å². The standard InChI is InChI=1S/C8H13NO4/c1-5(10)4-7(8(12)13-3)9-6(2)11/h7H,4H2,1-3H3,(H,9,11). The van der Waals surface area contributed by atoms with Gasteiger partial charge in [0.2, 0.25) is 5.91 Å².